The van der Waals surface area contributed by atoms with Gasteiger partial charge in [0.05, 0.1) is 24.3 Å². The van der Waals surface area contributed by atoms with Gasteiger partial charge in [0.25, 0.3) is 11.5 Å². The molecule has 1 amide bonds. The Balaban J connectivity index is 1.77. The van der Waals surface area contributed by atoms with Crippen LogP contribution in [0.2, 0.25) is 0 Å². The number of nitrogens with zero attached hydrogens (tertiary/aromatic N) is 1. The predicted octanol–water partition coefficient (Wildman–Crippen LogP) is 4.34. The van der Waals surface area contributed by atoms with E-state index in [0.717, 1.165) is 16.7 Å². The summed E-state index contributed by atoms with van der Waals surface area (Å²) in [5.41, 5.74) is -0.694. The molecule has 1 N–H and O–H groups in total. The molecule has 0 fully saturated rings. The lowest BCUT2D eigenvalue weighted by Gasteiger charge is -2.11. The highest BCUT2D eigenvalue weighted by molar-refractivity contribution is 6.04. The Morgan fingerprint density at radius 3 is 2.41 bits per heavy atom. The molecule has 0 aliphatic rings. The summed E-state index contributed by atoms with van der Waals surface area (Å²) in [5.74, 6) is -1.18. The fraction of sp³-hybridized carbons (Fsp3) is 0.174. The number of hydrogen-bond acceptors (Lipinski definition) is 4. The van der Waals surface area contributed by atoms with Gasteiger partial charge < -0.3 is 14.6 Å². The molecular formula is C23H19F3N2O4. The number of alkyl halides is 3. The third kappa shape index (κ3) is 5.42. The lowest BCUT2D eigenvalue weighted by atomic mass is 10.1. The van der Waals surface area contributed by atoms with Gasteiger partial charge in [-0.25, -0.2) is 4.79 Å². The first kappa shape index (κ1) is 22.8. The van der Waals surface area contributed by atoms with Gasteiger partial charge in [-0.2, -0.15) is 13.2 Å². The van der Waals surface area contributed by atoms with Crippen molar-refractivity contribution in [2.24, 2.45) is 0 Å². The fourth-order valence-electron chi connectivity index (χ4n) is 2.98. The number of aromatic nitrogens is 1. The minimum absolute atomic E-state index is 0.127. The maximum absolute atomic E-state index is 12.9. The summed E-state index contributed by atoms with van der Waals surface area (Å²) in [4.78, 5) is 37.0. The van der Waals surface area contributed by atoms with Gasteiger partial charge in [0.2, 0.25) is 0 Å². The molecule has 1 heterocycles. The zero-order chi connectivity index (χ0) is 23.3. The molecule has 9 heteroatoms. The summed E-state index contributed by atoms with van der Waals surface area (Å²) < 4.78 is 44.8. The van der Waals surface area contributed by atoms with E-state index >= 15 is 0 Å². The molecule has 3 rings (SSSR count). The number of nitrogens with one attached hydrogen (secondary N) is 1. The molecule has 166 valence electrons. The van der Waals surface area contributed by atoms with Gasteiger partial charge >= 0.3 is 12.1 Å². The molecule has 3 aromatic rings. The summed E-state index contributed by atoms with van der Waals surface area (Å²) in [6, 6.07) is 13.4. The van der Waals surface area contributed by atoms with Crippen LogP contribution in [0, 0.1) is 0 Å². The van der Waals surface area contributed by atoms with Crippen molar-refractivity contribution in [1.82, 2.24) is 4.57 Å². The molecule has 0 radical (unpaired) electrons. The van der Waals surface area contributed by atoms with Crippen LogP contribution in [-0.2, 0) is 17.5 Å². The molecule has 0 unspecified atom stereocenters. The van der Waals surface area contributed by atoms with E-state index in [1.165, 1.54) is 54.7 Å². The second kappa shape index (κ2) is 9.51. The van der Waals surface area contributed by atoms with Crippen LogP contribution in [0.3, 0.4) is 0 Å². The van der Waals surface area contributed by atoms with Crippen LogP contribution < -0.4 is 10.9 Å². The van der Waals surface area contributed by atoms with Gasteiger partial charge in [0.15, 0.2) is 0 Å². The zero-order valence-corrected chi connectivity index (χ0v) is 17.0. The van der Waals surface area contributed by atoms with Crippen molar-refractivity contribution in [1.29, 1.82) is 0 Å². The van der Waals surface area contributed by atoms with Crippen molar-refractivity contribution in [2.75, 3.05) is 11.9 Å². The van der Waals surface area contributed by atoms with Gasteiger partial charge in [0.1, 0.15) is 5.56 Å². The second-order valence-electron chi connectivity index (χ2n) is 6.80. The third-order valence-corrected chi connectivity index (χ3v) is 4.53. The minimum atomic E-state index is -4.49. The SMILES string of the molecule is CCOC(=O)c1ccc(NC(=O)c2cccn(Cc3cccc(C(F)(F)F)c3)c2=O)cc1. The molecule has 0 atom stereocenters. The standard InChI is InChI=1S/C23H19F3N2O4/c1-2-32-22(31)16-8-10-18(11-9-16)27-20(29)19-7-4-12-28(21(19)30)14-15-5-3-6-17(13-15)23(24,25)26/h3-13H,2,14H2,1H3,(H,27,29). The average Bonchev–Trinajstić information content (AvgIpc) is 2.75. The Kier molecular flexibility index (Phi) is 6.77. The highest BCUT2D eigenvalue weighted by atomic mass is 19.4. The topological polar surface area (TPSA) is 77.4 Å². The molecular weight excluding hydrogens is 425 g/mol. The van der Waals surface area contributed by atoms with E-state index in [9.17, 15) is 27.6 Å². The lowest BCUT2D eigenvalue weighted by molar-refractivity contribution is -0.137. The maximum atomic E-state index is 12.9. The summed E-state index contributed by atoms with van der Waals surface area (Å²) >= 11 is 0. The Morgan fingerprint density at radius 1 is 1.03 bits per heavy atom. The number of pyridine rings is 1. The van der Waals surface area contributed by atoms with E-state index < -0.39 is 29.2 Å². The third-order valence-electron chi connectivity index (χ3n) is 4.53. The number of rotatable bonds is 6. The Bertz CT molecular complexity index is 1180. The van der Waals surface area contributed by atoms with Gasteiger partial charge in [-0.05, 0) is 61.0 Å². The van der Waals surface area contributed by atoms with Gasteiger partial charge in [-0.15, -0.1) is 0 Å². The number of hydrogen-bond donors (Lipinski definition) is 1. The Morgan fingerprint density at radius 2 is 1.75 bits per heavy atom. The van der Waals surface area contributed by atoms with Gasteiger partial charge in [-0.3, -0.25) is 9.59 Å². The minimum Gasteiger partial charge on any atom is -0.462 e. The van der Waals surface area contributed by atoms with Crippen molar-refractivity contribution >= 4 is 17.6 Å². The molecule has 0 aliphatic heterocycles. The van der Waals surface area contributed by atoms with Crippen molar-refractivity contribution < 1.29 is 27.5 Å². The fourth-order valence-corrected chi connectivity index (χ4v) is 2.98. The molecule has 0 spiro atoms. The highest BCUT2D eigenvalue weighted by Crippen LogP contribution is 2.29. The zero-order valence-electron chi connectivity index (χ0n) is 17.0. The van der Waals surface area contributed by atoms with E-state index in [1.807, 2.05) is 0 Å². The predicted molar refractivity (Wildman–Crippen MR) is 112 cm³/mol. The number of amides is 1. The number of anilines is 1. The second-order valence-corrected chi connectivity index (χ2v) is 6.80. The number of carbonyl (C=O) groups excluding carboxylic acids is 2. The summed E-state index contributed by atoms with van der Waals surface area (Å²) in [6.45, 7) is 1.79. The lowest BCUT2D eigenvalue weighted by Crippen LogP contribution is -2.29. The summed E-state index contributed by atoms with van der Waals surface area (Å²) in [7, 11) is 0. The quantitative estimate of drug-likeness (QED) is 0.574. The normalized spacial score (nSPS) is 11.1. The first-order valence-corrected chi connectivity index (χ1v) is 9.63. The summed E-state index contributed by atoms with van der Waals surface area (Å²) in [5, 5.41) is 2.56. The Labute approximate surface area is 181 Å². The first-order chi connectivity index (χ1) is 15.2. The van der Waals surface area contributed by atoms with Crippen LogP contribution in [0.1, 0.15) is 38.8 Å². The smallest absolute Gasteiger partial charge is 0.416 e. The molecule has 0 saturated heterocycles. The molecule has 1 aromatic heterocycles. The average molecular weight is 444 g/mol. The number of carbonyl (C=O) groups is 2. The monoisotopic (exact) mass is 444 g/mol. The summed E-state index contributed by atoms with van der Waals surface area (Å²) in [6.07, 6.45) is -3.10. The van der Waals surface area contributed by atoms with E-state index in [2.05, 4.69) is 5.32 Å². The number of halogens is 3. The van der Waals surface area contributed by atoms with Crippen LogP contribution >= 0.6 is 0 Å². The Hall–Kier alpha value is -3.88. The highest BCUT2D eigenvalue weighted by Gasteiger charge is 2.30. The van der Waals surface area contributed by atoms with Crippen molar-refractivity contribution in [3.63, 3.8) is 0 Å². The largest absolute Gasteiger partial charge is 0.462 e. The van der Waals surface area contributed by atoms with E-state index in [4.69, 9.17) is 4.74 Å². The van der Waals surface area contributed by atoms with Crippen LogP contribution in [0.15, 0.2) is 71.7 Å². The van der Waals surface area contributed by atoms with Crippen LogP contribution in [-0.4, -0.2) is 23.1 Å². The molecule has 6 nitrogen and oxygen atoms in total. The first-order valence-electron chi connectivity index (χ1n) is 9.63. The van der Waals surface area contributed by atoms with Gasteiger partial charge in [-0.1, -0.05) is 12.1 Å². The molecule has 32 heavy (non-hydrogen) atoms. The van der Waals surface area contributed by atoms with E-state index in [1.54, 1.807) is 6.92 Å². The molecule has 0 bridgehead atoms. The maximum Gasteiger partial charge on any atom is 0.416 e. The molecule has 2 aromatic carbocycles. The molecule has 0 saturated carbocycles. The van der Waals surface area contributed by atoms with E-state index in [-0.39, 0.29) is 24.3 Å². The van der Waals surface area contributed by atoms with Crippen molar-refractivity contribution in [3.05, 3.63) is 99.5 Å². The van der Waals surface area contributed by atoms with Crippen molar-refractivity contribution in [3.8, 4) is 0 Å². The van der Waals surface area contributed by atoms with E-state index in [0.29, 0.717) is 11.3 Å². The van der Waals surface area contributed by atoms with Crippen LogP contribution in [0.25, 0.3) is 0 Å². The number of esters is 1. The van der Waals surface area contributed by atoms with Crippen molar-refractivity contribution in [2.45, 2.75) is 19.6 Å². The number of benzene rings is 2. The van der Waals surface area contributed by atoms with Gasteiger partial charge in [0, 0.05) is 11.9 Å². The molecule has 0 aliphatic carbocycles. The number of ether oxygens (including phenoxy) is 1. The van der Waals surface area contributed by atoms with Crippen LogP contribution in [0.5, 0.6) is 0 Å². The van der Waals surface area contributed by atoms with Crippen LogP contribution in [0.4, 0.5) is 18.9 Å².